The first-order valence-corrected chi connectivity index (χ1v) is 36.3. The van der Waals surface area contributed by atoms with E-state index in [4.69, 9.17) is 49.5 Å². The summed E-state index contributed by atoms with van der Waals surface area (Å²) in [6.45, 7) is 12.6. The summed E-state index contributed by atoms with van der Waals surface area (Å²) < 4.78 is 70.6. The number of unbranched alkanes of at least 4 members (excludes halogenated alkanes) is 3. The molecule has 3 aliphatic heterocycles. The predicted octanol–water partition coefficient (Wildman–Crippen LogP) is 8.67. The maximum atomic E-state index is 14.4. The number of sulfone groups is 1. The summed E-state index contributed by atoms with van der Waals surface area (Å²) in [5.41, 5.74) is 0.277. The van der Waals surface area contributed by atoms with Crippen LogP contribution in [-0.2, 0) is 80.0 Å². The van der Waals surface area contributed by atoms with Crippen LogP contribution in [0.3, 0.4) is 0 Å². The number of anilines is 2. The molecule has 6 rings (SSSR count). The van der Waals surface area contributed by atoms with Crippen molar-refractivity contribution in [1.29, 1.82) is 0 Å². The average Bonchev–Trinajstić information content (AvgIpc) is 1.57. The minimum absolute atomic E-state index is 0.00898. The standard InChI is InChI=1S/C73H101ClN6O20S/c1-44(2)64(77-68(86)52-28-26-51(27-29-52)65(84)53(21-16-18-33-93-10)43-101(91,92)35-34-94-11)56(81)37-46(4)67(85)76-54-30-24-49(25-31-54)42-97-70(88)75-32-17-14-15-23-61(82)79(8)48(6)69(87)99-60-40-62(83)80(9)55-38-50(39-57(95-12)63(55)74)36-45(3)20-19-22-59(96-13)73(90)41-58(98-71(89)78-73)47(5)66-72(60,7)100-66/h19-20,22,24-31,38-39,44,46-48,53,58-60,64,66,90H,14-18,21,23,32-37,40-43H2,1-13H3,(H,75,88)(H,76,85)(H,77,86)(H,78,89)/b22-19+,45-20+/t46-,47-,48+,53?,58?,59-,60+,64+,66+,72+,73+/m1/s1. The summed E-state index contributed by atoms with van der Waals surface area (Å²) in [5, 5.41) is 22.9. The van der Waals surface area contributed by atoms with Gasteiger partial charge in [-0.1, -0.05) is 100 Å². The minimum atomic E-state index is -3.60. The number of nitrogens with zero attached hydrogens (tertiary/aromatic N) is 2. The number of methoxy groups -OCH3 is 4. The third kappa shape index (κ3) is 23.4. The molecule has 2 unspecified atom stereocenters. The van der Waals surface area contributed by atoms with Crippen LogP contribution in [0.2, 0.25) is 5.02 Å². The van der Waals surface area contributed by atoms with Crippen LogP contribution in [-0.4, -0.2) is 193 Å². The second-order valence-corrected chi connectivity index (χ2v) is 29.5. The van der Waals surface area contributed by atoms with Gasteiger partial charge in [-0.05, 0) is 106 Å². The molecule has 0 spiro atoms. The number of likely N-dealkylation sites (N-methyl/N-ethyl adjacent to an activating group) is 1. The number of hydrogen-bond donors (Lipinski definition) is 5. The zero-order chi connectivity index (χ0) is 74.5. The van der Waals surface area contributed by atoms with Gasteiger partial charge in [0.05, 0.1) is 49.5 Å². The maximum Gasteiger partial charge on any atom is 0.409 e. The fraction of sp³-hybridized carbons (Fsp3) is 0.575. The smallest absolute Gasteiger partial charge is 0.409 e. The highest BCUT2D eigenvalue weighted by Gasteiger charge is 2.64. The number of aliphatic hydroxyl groups is 1. The van der Waals surface area contributed by atoms with Crippen molar-refractivity contribution in [2.75, 3.05) is 84.0 Å². The monoisotopic (exact) mass is 1450 g/mol. The Balaban J connectivity index is 0.943. The molecule has 28 heteroatoms. The van der Waals surface area contributed by atoms with E-state index in [2.05, 4.69) is 21.3 Å². The van der Waals surface area contributed by atoms with Crippen LogP contribution >= 0.6 is 11.6 Å². The number of carbonyl (C=O) groups is 9. The van der Waals surface area contributed by atoms with Gasteiger partial charge in [0.2, 0.25) is 17.7 Å². The highest BCUT2D eigenvalue weighted by atomic mass is 35.5. The molecule has 556 valence electrons. The van der Waals surface area contributed by atoms with Gasteiger partial charge in [0.25, 0.3) is 5.91 Å². The Kier molecular flexibility index (Phi) is 30.9. The van der Waals surface area contributed by atoms with Gasteiger partial charge in [0, 0.05) is 102 Å². The van der Waals surface area contributed by atoms with Crippen LogP contribution in [0.4, 0.5) is 21.0 Å². The number of fused-ring (bicyclic) bond motifs is 5. The van der Waals surface area contributed by atoms with Crippen LogP contribution in [0, 0.1) is 23.7 Å². The van der Waals surface area contributed by atoms with Crippen molar-refractivity contribution >= 4 is 86.2 Å². The summed E-state index contributed by atoms with van der Waals surface area (Å²) in [6.07, 6.45) is 2.57. The summed E-state index contributed by atoms with van der Waals surface area (Å²) >= 11 is 6.84. The van der Waals surface area contributed by atoms with Crippen molar-refractivity contribution < 1.29 is 94.6 Å². The number of nitrogens with one attached hydrogen (secondary N) is 4. The molecule has 3 aromatic carbocycles. The first-order valence-electron chi connectivity index (χ1n) is 34.1. The number of amides is 6. The third-order valence-corrected chi connectivity index (χ3v) is 20.8. The van der Waals surface area contributed by atoms with E-state index in [1.54, 1.807) is 97.3 Å². The Morgan fingerprint density at radius 2 is 1.58 bits per heavy atom. The molecule has 3 aromatic rings. The SMILES string of the molecule is COCCCCC(CS(=O)(=O)CCOC)C(=O)c1ccc(C(=O)N[C@H](C(=O)C[C@@H](C)C(=O)Nc2ccc(COC(=O)NCCCCCC(=O)N(C)[C@@H](C)C(=O)O[C@H]3CC(=O)N(C)c4cc(cc(OC)c4Cl)C/C(C)=C/C=C/[C@@H](OC)[C@@]4(O)CC(OC(=O)N4)[C@@H](C)[C@@H]4O[C@@]34C)cc2)C(C)C)cc1. The quantitative estimate of drug-likeness (QED) is 0.0125. The Bertz CT molecular complexity index is 3570. The van der Waals surface area contributed by atoms with Gasteiger partial charge >= 0.3 is 18.2 Å². The molecule has 2 saturated heterocycles. The van der Waals surface area contributed by atoms with E-state index in [0.717, 1.165) is 11.1 Å². The number of carbonyl (C=O) groups excluding carboxylic acids is 9. The fourth-order valence-electron chi connectivity index (χ4n) is 12.2. The number of ketones is 2. The van der Waals surface area contributed by atoms with Crippen molar-refractivity contribution in [3.8, 4) is 5.75 Å². The number of halogens is 1. The van der Waals surface area contributed by atoms with Gasteiger partial charge in [-0.2, -0.15) is 0 Å². The molecule has 0 saturated carbocycles. The van der Waals surface area contributed by atoms with Gasteiger partial charge in [-0.3, -0.25) is 34.1 Å². The minimum Gasteiger partial charge on any atom is -0.495 e. The van der Waals surface area contributed by atoms with E-state index in [0.29, 0.717) is 74.2 Å². The topological polar surface area (TPSA) is 340 Å². The molecule has 0 radical (unpaired) electrons. The van der Waals surface area contributed by atoms with Gasteiger partial charge in [0.1, 0.15) is 47.3 Å². The van der Waals surface area contributed by atoms with Crippen molar-refractivity contribution in [1.82, 2.24) is 20.9 Å². The first kappa shape index (κ1) is 82.2. The Hall–Kier alpha value is -7.79. The van der Waals surface area contributed by atoms with Crippen LogP contribution in [0.5, 0.6) is 5.75 Å². The van der Waals surface area contributed by atoms with E-state index in [-0.39, 0.29) is 96.5 Å². The largest absolute Gasteiger partial charge is 0.495 e. The zero-order valence-corrected chi connectivity index (χ0v) is 61.8. The maximum absolute atomic E-state index is 14.4. The van der Waals surface area contributed by atoms with Gasteiger partial charge in [-0.15, -0.1) is 0 Å². The van der Waals surface area contributed by atoms with E-state index < -0.39 is 111 Å². The lowest BCUT2D eigenvalue weighted by atomic mass is 9.83. The summed E-state index contributed by atoms with van der Waals surface area (Å²) in [6, 6.07) is 13.9. The average molecular weight is 1450 g/mol. The summed E-state index contributed by atoms with van der Waals surface area (Å²) in [4.78, 5) is 125. The molecule has 3 aliphatic rings. The molecule has 2 fully saturated rings. The van der Waals surface area contributed by atoms with Gasteiger partial charge < -0.3 is 68.8 Å². The molecule has 5 N–H and O–H groups in total. The van der Waals surface area contributed by atoms with E-state index in [1.807, 2.05) is 13.0 Å². The van der Waals surface area contributed by atoms with Crippen molar-refractivity contribution in [3.63, 3.8) is 0 Å². The molecular weight excluding hydrogens is 1350 g/mol. The lowest BCUT2D eigenvalue weighted by Crippen LogP contribution is -2.63. The second-order valence-electron chi connectivity index (χ2n) is 26.9. The lowest BCUT2D eigenvalue weighted by Gasteiger charge is -2.42. The number of esters is 1. The second kappa shape index (κ2) is 37.9. The predicted molar refractivity (Wildman–Crippen MR) is 378 cm³/mol. The molecule has 6 amide bonds. The third-order valence-electron chi connectivity index (χ3n) is 18.7. The number of hydrogen-bond acceptors (Lipinski definition) is 20. The number of alkyl carbamates (subject to hydrolysis) is 2. The fourth-order valence-corrected chi connectivity index (χ4v) is 14.1. The highest BCUT2D eigenvalue weighted by molar-refractivity contribution is 7.91. The van der Waals surface area contributed by atoms with Crippen molar-refractivity contribution in [2.24, 2.45) is 23.7 Å². The number of benzene rings is 3. The number of epoxide rings is 1. The van der Waals surface area contributed by atoms with Crippen LogP contribution < -0.4 is 30.9 Å². The first-order chi connectivity index (χ1) is 47.8. The Morgan fingerprint density at radius 3 is 2.24 bits per heavy atom. The zero-order valence-electron chi connectivity index (χ0n) is 60.2. The summed E-state index contributed by atoms with van der Waals surface area (Å²) in [5.74, 6) is -6.14. The summed E-state index contributed by atoms with van der Waals surface area (Å²) in [7, 11) is 5.27. The van der Waals surface area contributed by atoms with Crippen LogP contribution in [0.25, 0.3) is 0 Å². The molecule has 4 bridgehead atoms. The normalized spacial score (nSPS) is 22.8. The molecule has 101 heavy (non-hydrogen) atoms. The van der Waals surface area contributed by atoms with Gasteiger partial charge in [0.15, 0.2) is 27.1 Å². The van der Waals surface area contributed by atoms with E-state index in [1.165, 1.54) is 69.4 Å². The molecule has 0 aromatic heterocycles. The van der Waals surface area contributed by atoms with Crippen molar-refractivity contribution in [2.45, 2.75) is 174 Å². The Labute approximate surface area is 597 Å². The molecule has 0 aliphatic carbocycles. The van der Waals surface area contributed by atoms with Gasteiger partial charge in [-0.25, -0.2) is 22.8 Å². The number of ether oxygens (including phenoxy) is 8. The molecule has 3 heterocycles. The number of allylic oxidation sites excluding steroid dienone is 3. The highest BCUT2D eigenvalue weighted by Crippen LogP contribution is 2.49. The number of rotatable bonds is 33. The van der Waals surface area contributed by atoms with Crippen molar-refractivity contribution in [3.05, 3.63) is 112 Å². The van der Waals surface area contributed by atoms with E-state index in [9.17, 15) is 56.7 Å². The lowest BCUT2D eigenvalue weighted by molar-refractivity contribution is -0.162. The molecular formula is C73H101ClN6O20S. The molecule has 11 atom stereocenters. The Morgan fingerprint density at radius 1 is 0.901 bits per heavy atom. The van der Waals surface area contributed by atoms with Crippen LogP contribution in [0.1, 0.15) is 145 Å². The molecule has 26 nitrogen and oxygen atoms in total. The van der Waals surface area contributed by atoms with Crippen LogP contribution in [0.15, 0.2) is 84.5 Å². The number of Topliss-reactive ketones (excluding diaryl/α,β-unsaturated/α-hetero) is 2. The van der Waals surface area contributed by atoms with E-state index >= 15 is 0 Å².